The Morgan fingerprint density at radius 1 is 1.12 bits per heavy atom. The van der Waals surface area contributed by atoms with E-state index in [9.17, 15) is 14.4 Å². The predicted molar refractivity (Wildman–Crippen MR) is 90.7 cm³/mol. The van der Waals surface area contributed by atoms with Gasteiger partial charge >= 0.3 is 5.69 Å². The summed E-state index contributed by atoms with van der Waals surface area (Å²) in [5.74, 6) is 0.623. The molecule has 0 saturated carbocycles. The molecule has 0 radical (unpaired) electrons. The first-order valence-corrected chi connectivity index (χ1v) is 7.39. The molecule has 0 saturated heterocycles. The molecule has 0 bridgehead atoms. The van der Waals surface area contributed by atoms with Crippen molar-refractivity contribution in [1.82, 2.24) is 14.5 Å². The lowest BCUT2D eigenvalue weighted by Gasteiger charge is -2.08. The van der Waals surface area contributed by atoms with Gasteiger partial charge < -0.3 is 10.1 Å². The molecule has 8 heteroatoms. The van der Waals surface area contributed by atoms with Crippen molar-refractivity contribution in [3.05, 3.63) is 81.8 Å². The number of anilines is 1. The van der Waals surface area contributed by atoms with Crippen molar-refractivity contribution in [2.45, 2.75) is 6.54 Å². The number of hydrogen-bond donors (Lipinski definition) is 2. The largest absolute Gasteiger partial charge is 0.439 e. The minimum atomic E-state index is -0.646. The second-order valence-electron chi connectivity index (χ2n) is 5.09. The molecule has 2 N–H and O–H groups in total. The van der Waals surface area contributed by atoms with E-state index in [1.54, 1.807) is 24.3 Å². The fourth-order valence-corrected chi connectivity index (χ4v) is 2.05. The summed E-state index contributed by atoms with van der Waals surface area (Å²) in [5.41, 5.74) is -0.699. The molecule has 0 aliphatic carbocycles. The highest BCUT2D eigenvalue weighted by Gasteiger charge is 2.06. The lowest BCUT2D eigenvalue weighted by Crippen LogP contribution is -2.32. The average molecular weight is 338 g/mol. The lowest BCUT2D eigenvalue weighted by atomic mass is 10.3. The molecule has 0 spiro atoms. The van der Waals surface area contributed by atoms with Crippen LogP contribution in [0.2, 0.25) is 0 Å². The number of amides is 1. The third kappa shape index (κ3) is 4.41. The molecular weight excluding hydrogens is 324 g/mol. The van der Waals surface area contributed by atoms with Crippen LogP contribution in [0.1, 0.15) is 0 Å². The monoisotopic (exact) mass is 338 g/mol. The van der Waals surface area contributed by atoms with Crippen LogP contribution in [0.15, 0.2) is 70.5 Å². The Morgan fingerprint density at radius 2 is 1.92 bits per heavy atom. The van der Waals surface area contributed by atoms with Crippen LogP contribution >= 0.6 is 0 Å². The first kappa shape index (κ1) is 16.2. The van der Waals surface area contributed by atoms with Crippen molar-refractivity contribution >= 4 is 11.6 Å². The van der Waals surface area contributed by atoms with Crippen molar-refractivity contribution in [3.63, 3.8) is 0 Å². The van der Waals surface area contributed by atoms with Gasteiger partial charge in [-0.2, -0.15) is 0 Å². The first-order valence-electron chi connectivity index (χ1n) is 7.39. The van der Waals surface area contributed by atoms with Crippen molar-refractivity contribution in [2.75, 3.05) is 5.32 Å². The van der Waals surface area contributed by atoms with E-state index in [2.05, 4.69) is 15.3 Å². The summed E-state index contributed by atoms with van der Waals surface area (Å²) in [6.07, 6.45) is 2.71. The average Bonchev–Trinajstić information content (AvgIpc) is 2.60. The topological polar surface area (TPSA) is 106 Å². The maximum Gasteiger partial charge on any atom is 0.328 e. The Labute approximate surface area is 141 Å². The molecule has 3 aromatic rings. The molecular formula is C17H14N4O4. The van der Waals surface area contributed by atoms with E-state index in [4.69, 9.17) is 4.74 Å². The fourth-order valence-electron chi connectivity index (χ4n) is 2.05. The highest BCUT2D eigenvalue weighted by atomic mass is 16.5. The van der Waals surface area contributed by atoms with Crippen LogP contribution in [0.25, 0.3) is 0 Å². The Morgan fingerprint density at radius 3 is 2.60 bits per heavy atom. The van der Waals surface area contributed by atoms with E-state index < -0.39 is 17.2 Å². The van der Waals surface area contributed by atoms with Crippen LogP contribution in [0, 0.1) is 0 Å². The molecule has 0 unspecified atom stereocenters. The number of nitrogens with zero attached hydrogens (tertiary/aromatic N) is 2. The molecule has 0 aliphatic heterocycles. The number of pyridine rings is 1. The zero-order valence-corrected chi connectivity index (χ0v) is 13.0. The summed E-state index contributed by atoms with van der Waals surface area (Å²) in [4.78, 5) is 40.7. The van der Waals surface area contributed by atoms with E-state index >= 15 is 0 Å². The SMILES string of the molecule is O=C(Cn1ccc(=O)[nH]c1=O)Nc1ccc(Oc2ccccc2)nc1. The maximum atomic E-state index is 12.0. The van der Waals surface area contributed by atoms with E-state index in [-0.39, 0.29) is 6.54 Å². The number of carbonyl (C=O) groups is 1. The van der Waals surface area contributed by atoms with Crippen LogP contribution in [0.3, 0.4) is 0 Å². The zero-order chi connectivity index (χ0) is 17.6. The summed E-state index contributed by atoms with van der Waals surface area (Å²) in [7, 11) is 0. The molecule has 2 heterocycles. The maximum absolute atomic E-state index is 12.0. The number of para-hydroxylation sites is 1. The van der Waals surface area contributed by atoms with Crippen molar-refractivity contribution in [3.8, 4) is 11.6 Å². The van der Waals surface area contributed by atoms with Gasteiger partial charge in [0.25, 0.3) is 5.56 Å². The molecule has 126 valence electrons. The molecule has 1 aromatic carbocycles. The van der Waals surface area contributed by atoms with Gasteiger partial charge in [-0.15, -0.1) is 0 Å². The van der Waals surface area contributed by atoms with Gasteiger partial charge in [-0.1, -0.05) is 18.2 Å². The van der Waals surface area contributed by atoms with Gasteiger partial charge in [0.1, 0.15) is 12.3 Å². The first-order chi connectivity index (χ1) is 12.1. The minimum absolute atomic E-state index is 0.224. The zero-order valence-electron chi connectivity index (χ0n) is 13.0. The molecule has 0 aliphatic rings. The van der Waals surface area contributed by atoms with E-state index in [1.165, 1.54) is 18.5 Å². The molecule has 3 rings (SSSR count). The van der Waals surface area contributed by atoms with Crippen LogP contribution in [-0.2, 0) is 11.3 Å². The highest BCUT2D eigenvalue weighted by molar-refractivity contribution is 5.90. The number of aromatic amines is 1. The Hall–Kier alpha value is -3.68. The normalized spacial score (nSPS) is 10.2. The Balaban J connectivity index is 1.62. The highest BCUT2D eigenvalue weighted by Crippen LogP contribution is 2.19. The summed E-state index contributed by atoms with van der Waals surface area (Å²) in [6, 6.07) is 13.6. The van der Waals surface area contributed by atoms with Crippen LogP contribution in [0.5, 0.6) is 11.6 Å². The number of benzene rings is 1. The van der Waals surface area contributed by atoms with Gasteiger partial charge in [0.05, 0.1) is 11.9 Å². The number of ether oxygens (including phenoxy) is 1. The van der Waals surface area contributed by atoms with Crippen LogP contribution in [0.4, 0.5) is 5.69 Å². The van der Waals surface area contributed by atoms with Gasteiger partial charge in [-0.3, -0.25) is 19.1 Å². The minimum Gasteiger partial charge on any atom is -0.439 e. The standard InChI is InChI=1S/C17H14N4O4/c22-14-8-9-21(17(24)20-14)11-15(23)19-12-6-7-16(18-10-12)25-13-4-2-1-3-5-13/h1-10H,11H2,(H,19,23)(H,20,22,24). The van der Waals surface area contributed by atoms with Gasteiger partial charge in [-0.25, -0.2) is 9.78 Å². The van der Waals surface area contributed by atoms with Gasteiger partial charge in [0.15, 0.2) is 0 Å². The second-order valence-corrected chi connectivity index (χ2v) is 5.09. The van der Waals surface area contributed by atoms with E-state index in [0.29, 0.717) is 17.3 Å². The number of carbonyl (C=O) groups excluding carboxylic acids is 1. The van der Waals surface area contributed by atoms with Crippen LogP contribution in [-0.4, -0.2) is 20.4 Å². The molecule has 1 amide bonds. The van der Waals surface area contributed by atoms with Crippen molar-refractivity contribution in [1.29, 1.82) is 0 Å². The lowest BCUT2D eigenvalue weighted by molar-refractivity contribution is -0.116. The molecule has 0 atom stereocenters. The van der Waals surface area contributed by atoms with Crippen LogP contribution < -0.4 is 21.3 Å². The number of aromatic nitrogens is 3. The van der Waals surface area contributed by atoms with Crippen molar-refractivity contribution in [2.24, 2.45) is 0 Å². The molecule has 2 aromatic heterocycles. The number of H-pyrrole nitrogens is 1. The Kier molecular flexibility index (Phi) is 4.70. The molecule has 0 fully saturated rings. The summed E-state index contributed by atoms with van der Waals surface area (Å²) < 4.78 is 6.65. The van der Waals surface area contributed by atoms with Gasteiger partial charge in [-0.05, 0) is 18.2 Å². The van der Waals surface area contributed by atoms with E-state index in [1.807, 2.05) is 18.2 Å². The third-order valence-electron chi connectivity index (χ3n) is 3.20. The fraction of sp³-hybridized carbons (Fsp3) is 0.0588. The number of nitrogens with one attached hydrogen (secondary N) is 2. The third-order valence-corrected chi connectivity index (χ3v) is 3.20. The smallest absolute Gasteiger partial charge is 0.328 e. The Bertz CT molecular complexity index is 978. The molecule has 8 nitrogen and oxygen atoms in total. The second kappa shape index (κ2) is 7.26. The molecule has 25 heavy (non-hydrogen) atoms. The van der Waals surface area contributed by atoms with Gasteiger partial charge in [0.2, 0.25) is 11.8 Å². The number of rotatable bonds is 5. The van der Waals surface area contributed by atoms with Crippen molar-refractivity contribution < 1.29 is 9.53 Å². The summed E-state index contributed by atoms with van der Waals surface area (Å²) >= 11 is 0. The predicted octanol–water partition coefficient (Wildman–Crippen LogP) is 1.36. The number of hydrogen-bond acceptors (Lipinski definition) is 5. The van der Waals surface area contributed by atoms with E-state index in [0.717, 1.165) is 4.57 Å². The summed E-state index contributed by atoms with van der Waals surface area (Å²) in [6.45, 7) is -0.224. The summed E-state index contributed by atoms with van der Waals surface area (Å²) in [5, 5.41) is 2.61. The van der Waals surface area contributed by atoms with Gasteiger partial charge in [0, 0.05) is 18.3 Å². The quantitative estimate of drug-likeness (QED) is 0.731.